The Morgan fingerprint density at radius 3 is 2.62 bits per heavy atom. The number of pyridine rings is 1. The molecule has 4 aromatic rings. The lowest BCUT2D eigenvalue weighted by molar-refractivity contribution is 0.119. The van der Waals surface area contributed by atoms with Gasteiger partial charge < -0.3 is 15.4 Å². The van der Waals surface area contributed by atoms with Crippen LogP contribution in [-0.4, -0.2) is 35.2 Å². The molecule has 6 nitrogen and oxygen atoms in total. The molecule has 0 spiro atoms. The van der Waals surface area contributed by atoms with Gasteiger partial charge in [0.25, 0.3) is 0 Å². The van der Waals surface area contributed by atoms with Crippen LogP contribution in [0.3, 0.4) is 0 Å². The average Bonchev–Trinajstić information content (AvgIpc) is 3.21. The van der Waals surface area contributed by atoms with Crippen LogP contribution in [0.25, 0.3) is 28.0 Å². The number of hydrogen-bond donors (Lipinski definition) is 2. The van der Waals surface area contributed by atoms with E-state index in [2.05, 4.69) is 15.6 Å². The Bertz CT molecular complexity index is 1210. The molecule has 2 heterocycles. The number of urea groups is 1. The number of halogens is 2. The van der Waals surface area contributed by atoms with Crippen molar-refractivity contribution in [1.29, 1.82) is 0 Å². The second-order valence-electron chi connectivity index (χ2n) is 7.26. The van der Waals surface area contributed by atoms with Gasteiger partial charge in [-0.3, -0.25) is 4.40 Å². The van der Waals surface area contributed by atoms with Gasteiger partial charge >= 0.3 is 6.03 Å². The fourth-order valence-electron chi connectivity index (χ4n) is 3.27. The Kier molecular flexibility index (Phi) is 7.45. The zero-order valence-electron chi connectivity index (χ0n) is 17.7. The topological polar surface area (TPSA) is 67.7 Å². The Labute approximate surface area is 191 Å². The zero-order chi connectivity index (χ0) is 21.8. The summed E-state index contributed by atoms with van der Waals surface area (Å²) in [6.45, 7) is 2.30. The number of anilines is 1. The SMILES string of the molecule is COC(C)CNC(=O)Nc1cccc(-c2cnc3cc(-c4ccc(F)cc4)ccn23)c1.Cl. The van der Waals surface area contributed by atoms with Crippen LogP contribution >= 0.6 is 12.4 Å². The van der Waals surface area contributed by atoms with Crippen LogP contribution in [0.2, 0.25) is 0 Å². The largest absolute Gasteiger partial charge is 0.380 e. The standard InChI is InChI=1S/C24H23FN4O2.ClH/c1-16(31-2)14-27-24(30)28-21-5-3-4-19(12-21)22-15-26-23-13-18(10-11-29(22)23)17-6-8-20(25)9-7-17;/h3-13,15-16H,14H2,1-2H3,(H2,27,28,30);1H. The van der Waals surface area contributed by atoms with Crippen molar-refractivity contribution in [2.75, 3.05) is 19.0 Å². The Balaban J connectivity index is 0.00000289. The molecule has 1 atom stereocenters. The maximum atomic E-state index is 13.2. The molecule has 0 saturated carbocycles. The fraction of sp³-hybridized carbons (Fsp3) is 0.167. The molecular formula is C24H24ClFN4O2. The fourth-order valence-corrected chi connectivity index (χ4v) is 3.27. The molecule has 1 unspecified atom stereocenters. The van der Waals surface area contributed by atoms with Gasteiger partial charge in [0.05, 0.1) is 18.0 Å². The minimum Gasteiger partial charge on any atom is -0.380 e. The average molecular weight is 455 g/mol. The van der Waals surface area contributed by atoms with E-state index in [1.54, 1.807) is 25.4 Å². The van der Waals surface area contributed by atoms with Gasteiger partial charge in [-0.1, -0.05) is 24.3 Å². The number of ether oxygens (including phenoxy) is 1. The predicted octanol–water partition coefficient (Wildman–Crippen LogP) is 5.39. The van der Waals surface area contributed by atoms with Crippen LogP contribution in [0.1, 0.15) is 6.92 Å². The normalized spacial score (nSPS) is 11.6. The summed E-state index contributed by atoms with van der Waals surface area (Å²) >= 11 is 0. The van der Waals surface area contributed by atoms with Crippen molar-refractivity contribution in [1.82, 2.24) is 14.7 Å². The van der Waals surface area contributed by atoms with Gasteiger partial charge in [-0.05, 0) is 54.4 Å². The minimum atomic E-state index is -0.289. The van der Waals surface area contributed by atoms with Gasteiger partial charge in [0.2, 0.25) is 0 Å². The van der Waals surface area contributed by atoms with Gasteiger partial charge in [-0.15, -0.1) is 12.4 Å². The summed E-state index contributed by atoms with van der Waals surface area (Å²) in [5.41, 5.74) is 5.16. The summed E-state index contributed by atoms with van der Waals surface area (Å²) in [6, 6.07) is 17.6. The highest BCUT2D eigenvalue weighted by molar-refractivity contribution is 5.90. The predicted molar refractivity (Wildman–Crippen MR) is 127 cm³/mol. The van der Waals surface area contributed by atoms with Crippen LogP contribution in [0.5, 0.6) is 0 Å². The maximum Gasteiger partial charge on any atom is 0.319 e. The lowest BCUT2D eigenvalue weighted by atomic mass is 10.1. The van der Waals surface area contributed by atoms with Gasteiger partial charge in [0.15, 0.2) is 0 Å². The molecule has 0 aliphatic carbocycles. The van der Waals surface area contributed by atoms with Crippen molar-refractivity contribution in [2.45, 2.75) is 13.0 Å². The highest BCUT2D eigenvalue weighted by Gasteiger charge is 2.10. The molecule has 0 aliphatic heterocycles. The monoisotopic (exact) mass is 454 g/mol. The summed E-state index contributed by atoms with van der Waals surface area (Å²) in [4.78, 5) is 16.6. The van der Waals surface area contributed by atoms with E-state index in [9.17, 15) is 9.18 Å². The number of hydrogen-bond acceptors (Lipinski definition) is 3. The molecule has 32 heavy (non-hydrogen) atoms. The highest BCUT2D eigenvalue weighted by atomic mass is 35.5. The molecule has 2 N–H and O–H groups in total. The Hall–Kier alpha value is -3.42. The van der Waals surface area contributed by atoms with E-state index in [0.29, 0.717) is 12.2 Å². The number of aromatic nitrogens is 2. The first-order valence-corrected chi connectivity index (χ1v) is 9.94. The minimum absolute atomic E-state index is 0. The summed E-state index contributed by atoms with van der Waals surface area (Å²) in [7, 11) is 1.60. The van der Waals surface area contributed by atoms with Crippen LogP contribution in [-0.2, 0) is 4.74 Å². The first kappa shape index (κ1) is 23.2. The number of methoxy groups -OCH3 is 1. The zero-order valence-corrected chi connectivity index (χ0v) is 18.5. The number of carbonyl (C=O) groups is 1. The number of nitrogens with one attached hydrogen (secondary N) is 2. The van der Waals surface area contributed by atoms with Gasteiger partial charge in [-0.2, -0.15) is 0 Å². The summed E-state index contributed by atoms with van der Waals surface area (Å²) in [5, 5.41) is 5.62. The number of benzene rings is 2. The Morgan fingerprint density at radius 1 is 1.09 bits per heavy atom. The summed E-state index contributed by atoms with van der Waals surface area (Å²) < 4.78 is 20.3. The van der Waals surface area contributed by atoms with E-state index in [1.807, 2.05) is 53.9 Å². The van der Waals surface area contributed by atoms with E-state index < -0.39 is 0 Å². The van der Waals surface area contributed by atoms with Gasteiger partial charge in [0, 0.05) is 31.1 Å². The second-order valence-corrected chi connectivity index (χ2v) is 7.26. The molecule has 166 valence electrons. The first-order valence-electron chi connectivity index (χ1n) is 9.94. The maximum absolute atomic E-state index is 13.2. The van der Waals surface area contributed by atoms with Crippen LogP contribution in [0.15, 0.2) is 73.1 Å². The Morgan fingerprint density at radius 2 is 1.88 bits per heavy atom. The number of carbonyl (C=O) groups excluding carboxylic acids is 1. The van der Waals surface area contributed by atoms with Crippen molar-refractivity contribution < 1.29 is 13.9 Å². The number of nitrogens with zero attached hydrogens (tertiary/aromatic N) is 2. The quantitative estimate of drug-likeness (QED) is 0.410. The van der Waals surface area contributed by atoms with Gasteiger partial charge in [0.1, 0.15) is 11.5 Å². The van der Waals surface area contributed by atoms with E-state index in [1.165, 1.54) is 12.1 Å². The lowest BCUT2D eigenvalue weighted by Gasteiger charge is -2.12. The molecule has 4 rings (SSSR count). The molecule has 2 amide bonds. The third kappa shape index (κ3) is 5.25. The van der Waals surface area contributed by atoms with Crippen LogP contribution in [0, 0.1) is 5.82 Å². The summed E-state index contributed by atoms with van der Waals surface area (Å²) in [6.07, 6.45) is 3.67. The van der Waals surface area contributed by atoms with Crippen LogP contribution < -0.4 is 10.6 Å². The molecule has 8 heteroatoms. The van der Waals surface area contributed by atoms with Crippen LogP contribution in [0.4, 0.5) is 14.9 Å². The molecule has 0 bridgehead atoms. The summed E-state index contributed by atoms with van der Waals surface area (Å²) in [5.74, 6) is -0.261. The lowest BCUT2D eigenvalue weighted by Crippen LogP contribution is -2.34. The molecule has 0 fully saturated rings. The molecular weight excluding hydrogens is 431 g/mol. The van der Waals surface area contributed by atoms with Crippen molar-refractivity contribution in [2.24, 2.45) is 0 Å². The second kappa shape index (κ2) is 10.3. The molecule has 2 aromatic carbocycles. The van der Waals surface area contributed by atoms with E-state index >= 15 is 0 Å². The highest BCUT2D eigenvalue weighted by Crippen LogP contribution is 2.27. The third-order valence-corrected chi connectivity index (χ3v) is 5.06. The van der Waals surface area contributed by atoms with E-state index in [0.717, 1.165) is 28.0 Å². The third-order valence-electron chi connectivity index (χ3n) is 5.06. The number of imidazole rings is 1. The number of fused-ring (bicyclic) bond motifs is 1. The van der Waals surface area contributed by atoms with Crippen molar-refractivity contribution in [3.8, 4) is 22.4 Å². The van der Waals surface area contributed by atoms with E-state index in [4.69, 9.17) is 4.74 Å². The van der Waals surface area contributed by atoms with Crippen molar-refractivity contribution in [3.05, 3.63) is 78.9 Å². The molecule has 0 radical (unpaired) electrons. The van der Waals surface area contributed by atoms with Gasteiger partial charge in [-0.25, -0.2) is 14.2 Å². The molecule has 0 aliphatic rings. The van der Waals surface area contributed by atoms with Crippen molar-refractivity contribution in [3.63, 3.8) is 0 Å². The smallest absolute Gasteiger partial charge is 0.319 e. The number of rotatable bonds is 6. The molecule has 2 aromatic heterocycles. The molecule has 0 saturated heterocycles. The van der Waals surface area contributed by atoms with Crippen molar-refractivity contribution >= 4 is 29.8 Å². The number of amides is 2. The first-order chi connectivity index (χ1) is 15.0. The van der Waals surface area contributed by atoms with E-state index in [-0.39, 0.29) is 30.4 Å².